The first-order chi connectivity index (χ1) is 12.6. The van der Waals surface area contributed by atoms with E-state index in [0.29, 0.717) is 30.7 Å². The van der Waals surface area contributed by atoms with Crippen molar-refractivity contribution in [3.05, 3.63) is 23.9 Å². The van der Waals surface area contributed by atoms with Gasteiger partial charge in [0.15, 0.2) is 5.96 Å². The number of aromatic nitrogens is 1. The van der Waals surface area contributed by atoms with Crippen LogP contribution in [0.15, 0.2) is 23.3 Å². The minimum absolute atomic E-state index is 0.227. The average Bonchev–Trinajstić information content (AvgIpc) is 3.45. The molecule has 7 nitrogen and oxygen atoms in total. The molecule has 3 N–H and O–H groups in total. The van der Waals surface area contributed by atoms with Gasteiger partial charge in [0.2, 0.25) is 11.8 Å². The lowest BCUT2D eigenvalue weighted by Gasteiger charge is -2.34. The SMILES string of the molecule is CN=C(NCc1ccnc(OCC2CC2)c1)N1CCCC(CC(N)=O)C1. The zero-order chi connectivity index (χ0) is 18.4. The molecule has 2 fully saturated rings. The molecular formula is C19H29N5O2. The summed E-state index contributed by atoms with van der Waals surface area (Å²) >= 11 is 0. The van der Waals surface area contributed by atoms with Crippen LogP contribution in [-0.2, 0) is 11.3 Å². The maximum absolute atomic E-state index is 11.2. The Hall–Kier alpha value is -2.31. The van der Waals surface area contributed by atoms with Gasteiger partial charge in [-0.3, -0.25) is 9.79 Å². The number of nitrogens with one attached hydrogen (secondary N) is 1. The zero-order valence-electron chi connectivity index (χ0n) is 15.5. The number of pyridine rings is 1. The van der Waals surface area contributed by atoms with Crippen molar-refractivity contribution in [2.45, 2.75) is 38.6 Å². The van der Waals surface area contributed by atoms with Gasteiger partial charge in [-0.15, -0.1) is 0 Å². The van der Waals surface area contributed by atoms with Gasteiger partial charge >= 0.3 is 0 Å². The van der Waals surface area contributed by atoms with Crippen LogP contribution in [-0.4, -0.2) is 48.5 Å². The summed E-state index contributed by atoms with van der Waals surface area (Å²) in [5, 5.41) is 3.41. The Kier molecular flexibility index (Phi) is 6.30. The number of nitrogens with two attached hydrogens (primary N) is 1. The lowest BCUT2D eigenvalue weighted by atomic mass is 9.95. The predicted molar refractivity (Wildman–Crippen MR) is 101 cm³/mol. The number of hydrogen-bond donors (Lipinski definition) is 2. The first kappa shape index (κ1) is 18.5. The molecule has 26 heavy (non-hydrogen) atoms. The molecule has 2 aliphatic rings. The van der Waals surface area contributed by atoms with Gasteiger partial charge in [-0.2, -0.15) is 0 Å². The number of likely N-dealkylation sites (tertiary alicyclic amines) is 1. The molecule has 1 aliphatic carbocycles. The Morgan fingerprint density at radius 1 is 1.42 bits per heavy atom. The molecule has 1 aromatic rings. The first-order valence-corrected chi connectivity index (χ1v) is 9.45. The number of nitrogens with zero attached hydrogens (tertiary/aromatic N) is 3. The summed E-state index contributed by atoms with van der Waals surface area (Å²) < 4.78 is 5.75. The summed E-state index contributed by atoms with van der Waals surface area (Å²) in [7, 11) is 1.79. The second kappa shape index (κ2) is 8.87. The van der Waals surface area contributed by atoms with Crippen molar-refractivity contribution in [3.63, 3.8) is 0 Å². The van der Waals surface area contributed by atoms with Gasteiger partial charge in [0.1, 0.15) is 0 Å². The molecular weight excluding hydrogens is 330 g/mol. The van der Waals surface area contributed by atoms with Crippen molar-refractivity contribution in [2.24, 2.45) is 22.6 Å². The monoisotopic (exact) mass is 359 g/mol. The molecule has 1 saturated heterocycles. The van der Waals surface area contributed by atoms with Crippen LogP contribution in [0.2, 0.25) is 0 Å². The van der Waals surface area contributed by atoms with E-state index in [0.717, 1.165) is 44.1 Å². The Bertz CT molecular complexity index is 645. The standard InChI is InChI=1S/C19H29N5O2/c1-21-19(24-8-2-3-16(12-24)9-17(20)25)23-11-15-6-7-22-18(10-15)26-13-14-4-5-14/h6-7,10,14,16H,2-5,8-9,11-13H2,1H3,(H2,20,25)(H,21,23). The molecule has 1 atom stereocenters. The molecule has 0 aromatic carbocycles. The highest BCUT2D eigenvalue weighted by atomic mass is 16.5. The largest absolute Gasteiger partial charge is 0.477 e. The normalized spacial score (nSPS) is 20.7. The molecule has 142 valence electrons. The number of guanidine groups is 1. The molecule has 1 saturated carbocycles. The van der Waals surface area contributed by atoms with E-state index in [4.69, 9.17) is 10.5 Å². The Labute approximate surface area is 155 Å². The Balaban J connectivity index is 1.51. The van der Waals surface area contributed by atoms with Crippen LogP contribution in [0, 0.1) is 11.8 Å². The van der Waals surface area contributed by atoms with E-state index in [1.54, 1.807) is 13.2 Å². The van der Waals surface area contributed by atoms with E-state index in [1.807, 2.05) is 12.1 Å². The molecule has 1 unspecified atom stereocenters. The molecule has 1 aromatic heterocycles. The quantitative estimate of drug-likeness (QED) is 0.569. The highest BCUT2D eigenvalue weighted by molar-refractivity contribution is 5.80. The predicted octanol–water partition coefficient (Wildman–Crippen LogP) is 1.53. The smallest absolute Gasteiger partial charge is 0.217 e. The summed E-state index contributed by atoms with van der Waals surface area (Å²) in [6, 6.07) is 3.96. The number of carbonyl (C=O) groups excluding carboxylic acids is 1. The third-order valence-corrected chi connectivity index (χ3v) is 4.93. The van der Waals surface area contributed by atoms with Crippen molar-refractivity contribution in [1.82, 2.24) is 15.2 Å². The minimum Gasteiger partial charge on any atom is -0.477 e. The summed E-state index contributed by atoms with van der Waals surface area (Å²) in [5.41, 5.74) is 6.46. The Morgan fingerprint density at radius 2 is 2.27 bits per heavy atom. The lowest BCUT2D eigenvalue weighted by Crippen LogP contribution is -2.46. The molecule has 0 bridgehead atoms. The van der Waals surface area contributed by atoms with Crippen LogP contribution in [0.4, 0.5) is 0 Å². The van der Waals surface area contributed by atoms with Crippen molar-refractivity contribution in [1.29, 1.82) is 0 Å². The van der Waals surface area contributed by atoms with E-state index < -0.39 is 0 Å². The molecule has 0 radical (unpaired) electrons. The van der Waals surface area contributed by atoms with Crippen molar-refractivity contribution < 1.29 is 9.53 Å². The number of piperidine rings is 1. The average molecular weight is 359 g/mol. The fourth-order valence-corrected chi connectivity index (χ4v) is 3.35. The van der Waals surface area contributed by atoms with Crippen LogP contribution in [0.25, 0.3) is 0 Å². The van der Waals surface area contributed by atoms with E-state index in [9.17, 15) is 4.79 Å². The number of primary amides is 1. The third kappa shape index (κ3) is 5.61. The highest BCUT2D eigenvalue weighted by Gasteiger charge is 2.24. The van der Waals surface area contributed by atoms with Crippen molar-refractivity contribution in [2.75, 3.05) is 26.7 Å². The summed E-state index contributed by atoms with van der Waals surface area (Å²) in [5.74, 6) is 2.34. The van der Waals surface area contributed by atoms with Crippen molar-refractivity contribution in [3.8, 4) is 5.88 Å². The number of hydrogen-bond acceptors (Lipinski definition) is 4. The second-order valence-electron chi connectivity index (χ2n) is 7.28. The first-order valence-electron chi connectivity index (χ1n) is 9.45. The van der Waals surface area contributed by atoms with Gasteiger partial charge in [-0.1, -0.05) is 0 Å². The number of rotatable bonds is 7. The van der Waals surface area contributed by atoms with E-state index in [2.05, 4.69) is 20.2 Å². The molecule has 1 aliphatic heterocycles. The third-order valence-electron chi connectivity index (χ3n) is 4.93. The molecule has 3 rings (SSSR count). The van der Waals surface area contributed by atoms with Gasteiger partial charge in [-0.25, -0.2) is 4.98 Å². The maximum atomic E-state index is 11.2. The molecule has 2 heterocycles. The summed E-state index contributed by atoms with van der Waals surface area (Å²) in [6.45, 7) is 3.18. The van der Waals surface area contributed by atoms with Crippen molar-refractivity contribution >= 4 is 11.9 Å². The number of amides is 1. The fraction of sp³-hybridized carbons (Fsp3) is 0.632. The van der Waals surface area contributed by atoms with Crippen LogP contribution in [0.3, 0.4) is 0 Å². The van der Waals surface area contributed by atoms with Gasteiger partial charge in [-0.05, 0) is 49.1 Å². The van der Waals surface area contributed by atoms with Crippen LogP contribution >= 0.6 is 0 Å². The van der Waals surface area contributed by atoms with Crippen LogP contribution in [0.1, 0.15) is 37.7 Å². The maximum Gasteiger partial charge on any atom is 0.217 e. The lowest BCUT2D eigenvalue weighted by molar-refractivity contribution is -0.119. The molecule has 7 heteroatoms. The minimum atomic E-state index is -0.227. The highest BCUT2D eigenvalue weighted by Crippen LogP contribution is 2.29. The van der Waals surface area contributed by atoms with Gasteiger partial charge < -0.3 is 20.7 Å². The molecule has 1 amide bonds. The number of aliphatic imine (C=N–C) groups is 1. The number of carbonyl (C=O) groups is 1. The van der Waals surface area contributed by atoms with E-state index in [-0.39, 0.29) is 5.91 Å². The van der Waals surface area contributed by atoms with Crippen LogP contribution < -0.4 is 15.8 Å². The second-order valence-corrected chi connectivity index (χ2v) is 7.28. The van der Waals surface area contributed by atoms with Gasteiger partial charge in [0.05, 0.1) is 6.61 Å². The fourth-order valence-electron chi connectivity index (χ4n) is 3.35. The topological polar surface area (TPSA) is 92.8 Å². The Morgan fingerprint density at radius 3 is 3.00 bits per heavy atom. The summed E-state index contributed by atoms with van der Waals surface area (Å²) in [4.78, 5) is 22.1. The van der Waals surface area contributed by atoms with Gasteiger partial charge in [0, 0.05) is 45.4 Å². The van der Waals surface area contributed by atoms with Gasteiger partial charge in [0.25, 0.3) is 0 Å². The molecule has 0 spiro atoms. The number of ether oxygens (including phenoxy) is 1. The summed E-state index contributed by atoms with van der Waals surface area (Å²) in [6.07, 6.45) is 6.86. The van der Waals surface area contributed by atoms with E-state index in [1.165, 1.54) is 12.8 Å². The van der Waals surface area contributed by atoms with Crippen LogP contribution in [0.5, 0.6) is 5.88 Å². The van der Waals surface area contributed by atoms with E-state index >= 15 is 0 Å². The zero-order valence-corrected chi connectivity index (χ0v) is 15.5.